The van der Waals surface area contributed by atoms with Crippen molar-refractivity contribution in [2.75, 3.05) is 0 Å². The third kappa shape index (κ3) is 3.86. The molecule has 0 rings (SSSR count). The molecule has 0 aliphatic carbocycles. The fraction of sp³-hybridized carbons (Fsp3) is 0.750. The number of carboxylic acid groups (broad SMARTS) is 1. The summed E-state index contributed by atoms with van der Waals surface area (Å²) in [5.41, 5.74) is 0. The molecule has 0 aromatic heterocycles. The normalized spacial score (nSPS) is 13.2. The Balaban J connectivity index is 4.25. The second kappa shape index (κ2) is 2.72. The van der Waals surface area contributed by atoms with Crippen LogP contribution in [-0.2, 0) is 4.79 Å². The molecule has 0 amide bonds. The van der Waals surface area contributed by atoms with Crippen LogP contribution in [-0.4, -0.2) is 48.4 Å². The smallest absolute Gasteiger partial charge is 0.364 e. The van der Waals surface area contributed by atoms with Gasteiger partial charge in [0.2, 0.25) is 0 Å². The molecule has 0 radical (unpaired) electrons. The first-order chi connectivity index (χ1) is 4.65. The summed E-state index contributed by atoms with van der Waals surface area (Å²) in [5.74, 6) is -8.85. The molecule has 0 aliphatic rings. The summed E-state index contributed by atoms with van der Waals surface area (Å²) in [6.45, 7) is 0. The molecule has 0 atom stereocenters. The monoisotopic (exact) mass is 168 g/mol. The van der Waals surface area contributed by atoms with Crippen molar-refractivity contribution in [1.82, 2.24) is 0 Å². The highest BCUT2D eigenvalue weighted by atomic mass is 16.7. The number of hydrogen-bond donors (Lipinski definition) is 6. The van der Waals surface area contributed by atoms with Crippen LogP contribution in [0.3, 0.4) is 0 Å². The Kier molecular flexibility index (Phi) is 2.54. The van der Waals surface area contributed by atoms with E-state index in [-0.39, 0.29) is 0 Å². The summed E-state index contributed by atoms with van der Waals surface area (Å²) in [5, 5.41) is 49.2. The third-order valence-electron chi connectivity index (χ3n) is 0.826. The van der Waals surface area contributed by atoms with Crippen molar-refractivity contribution in [3.8, 4) is 0 Å². The van der Waals surface area contributed by atoms with Gasteiger partial charge in [0.15, 0.2) is 0 Å². The van der Waals surface area contributed by atoms with Crippen molar-refractivity contribution in [3.05, 3.63) is 0 Å². The van der Waals surface area contributed by atoms with Crippen LogP contribution >= 0.6 is 0 Å². The second-order valence-corrected chi connectivity index (χ2v) is 2.07. The lowest BCUT2D eigenvalue weighted by Crippen LogP contribution is -2.46. The largest absolute Gasteiger partial charge is 0.477 e. The second-order valence-electron chi connectivity index (χ2n) is 2.07. The highest BCUT2D eigenvalue weighted by Gasteiger charge is 2.41. The van der Waals surface area contributed by atoms with E-state index in [4.69, 9.17) is 30.6 Å². The lowest BCUT2D eigenvalue weighted by atomic mass is 10.2. The van der Waals surface area contributed by atoms with Crippen LogP contribution in [0.15, 0.2) is 0 Å². The molecule has 0 aliphatic heterocycles. The lowest BCUT2D eigenvalue weighted by molar-refractivity contribution is -0.348. The van der Waals surface area contributed by atoms with Gasteiger partial charge in [0.25, 0.3) is 11.8 Å². The van der Waals surface area contributed by atoms with Gasteiger partial charge in [-0.1, -0.05) is 0 Å². The Labute approximate surface area is 60.8 Å². The SMILES string of the molecule is O=C(O)C(O)(O)CC(O)(O)O. The molecular formula is C4H8O7. The highest BCUT2D eigenvalue weighted by Crippen LogP contribution is 2.13. The van der Waals surface area contributed by atoms with Gasteiger partial charge in [-0.05, 0) is 0 Å². The van der Waals surface area contributed by atoms with E-state index >= 15 is 0 Å². The van der Waals surface area contributed by atoms with Crippen LogP contribution in [0.5, 0.6) is 0 Å². The lowest BCUT2D eigenvalue weighted by Gasteiger charge is -2.21. The van der Waals surface area contributed by atoms with Gasteiger partial charge >= 0.3 is 5.97 Å². The number of aliphatic hydroxyl groups is 5. The van der Waals surface area contributed by atoms with Gasteiger partial charge in [0, 0.05) is 0 Å². The van der Waals surface area contributed by atoms with Gasteiger partial charge in [-0.25, -0.2) is 4.79 Å². The van der Waals surface area contributed by atoms with Crippen molar-refractivity contribution in [1.29, 1.82) is 0 Å². The maximum atomic E-state index is 9.87. The molecule has 7 nitrogen and oxygen atoms in total. The Morgan fingerprint density at radius 3 is 1.55 bits per heavy atom. The summed E-state index contributed by atoms with van der Waals surface area (Å²) < 4.78 is 0. The topological polar surface area (TPSA) is 138 Å². The minimum Gasteiger partial charge on any atom is -0.477 e. The van der Waals surface area contributed by atoms with Gasteiger partial charge in [-0.2, -0.15) is 0 Å². The number of rotatable bonds is 3. The minimum atomic E-state index is -3.41. The first-order valence-electron chi connectivity index (χ1n) is 2.50. The summed E-state index contributed by atoms with van der Waals surface area (Å²) in [6, 6.07) is 0. The van der Waals surface area contributed by atoms with E-state index < -0.39 is 24.2 Å². The molecule has 0 aromatic rings. The van der Waals surface area contributed by atoms with Crippen LogP contribution in [0.4, 0.5) is 0 Å². The first kappa shape index (κ1) is 10.3. The maximum Gasteiger partial charge on any atom is 0.364 e. The van der Waals surface area contributed by atoms with Crippen LogP contribution < -0.4 is 0 Å². The molecule has 0 saturated heterocycles. The zero-order valence-corrected chi connectivity index (χ0v) is 5.30. The summed E-state index contributed by atoms with van der Waals surface area (Å²) >= 11 is 0. The van der Waals surface area contributed by atoms with E-state index in [1.165, 1.54) is 0 Å². The van der Waals surface area contributed by atoms with Crippen molar-refractivity contribution in [2.45, 2.75) is 18.2 Å². The zero-order valence-electron chi connectivity index (χ0n) is 5.30. The van der Waals surface area contributed by atoms with E-state index in [0.717, 1.165) is 0 Å². The van der Waals surface area contributed by atoms with Gasteiger partial charge in [-0.15, -0.1) is 0 Å². The first-order valence-corrected chi connectivity index (χ1v) is 2.50. The van der Waals surface area contributed by atoms with E-state index in [0.29, 0.717) is 0 Å². The predicted molar refractivity (Wildman–Crippen MR) is 28.8 cm³/mol. The molecule has 66 valence electrons. The summed E-state index contributed by atoms with van der Waals surface area (Å²) in [4.78, 5) is 9.87. The fourth-order valence-electron chi connectivity index (χ4n) is 0.406. The van der Waals surface area contributed by atoms with E-state index in [1.54, 1.807) is 0 Å². The van der Waals surface area contributed by atoms with Crippen LogP contribution in [0, 0.1) is 0 Å². The molecule has 7 heteroatoms. The number of carbonyl (C=O) groups is 1. The molecule has 0 spiro atoms. The van der Waals surface area contributed by atoms with E-state index in [2.05, 4.69) is 0 Å². The Bertz CT molecular complexity index is 154. The predicted octanol–water partition coefficient (Wildman–Crippen LogP) is -3.23. The molecule has 0 unspecified atom stereocenters. The molecule has 6 N–H and O–H groups in total. The number of aliphatic carboxylic acids is 1. The van der Waals surface area contributed by atoms with Gasteiger partial charge in [-0.3, -0.25) is 0 Å². The summed E-state index contributed by atoms with van der Waals surface area (Å²) in [6.07, 6.45) is -1.52. The van der Waals surface area contributed by atoms with Gasteiger partial charge < -0.3 is 30.6 Å². The molecule has 0 fully saturated rings. The average Bonchev–Trinajstić information content (AvgIpc) is 1.56. The molecule has 11 heavy (non-hydrogen) atoms. The van der Waals surface area contributed by atoms with Crippen molar-refractivity contribution >= 4 is 5.97 Å². The Hall–Kier alpha value is -0.730. The highest BCUT2D eigenvalue weighted by molar-refractivity contribution is 5.74. The van der Waals surface area contributed by atoms with Crippen LogP contribution in [0.1, 0.15) is 6.42 Å². The molecule has 0 bridgehead atoms. The fourth-order valence-corrected chi connectivity index (χ4v) is 0.406. The van der Waals surface area contributed by atoms with E-state index in [9.17, 15) is 4.79 Å². The van der Waals surface area contributed by atoms with Crippen molar-refractivity contribution < 1.29 is 35.4 Å². The Morgan fingerprint density at radius 2 is 1.45 bits per heavy atom. The standard InChI is InChI=1S/C4H8O7/c5-2(6)3(7,8)1-4(9,10)11/h7-11H,1H2,(H,5,6). The van der Waals surface area contributed by atoms with Crippen LogP contribution in [0.2, 0.25) is 0 Å². The zero-order chi connectivity index (χ0) is 9.28. The summed E-state index contributed by atoms with van der Waals surface area (Å²) in [7, 11) is 0. The minimum absolute atomic E-state index is 1.52. The molecule has 0 aromatic carbocycles. The Morgan fingerprint density at radius 1 is 1.09 bits per heavy atom. The van der Waals surface area contributed by atoms with Crippen molar-refractivity contribution in [2.24, 2.45) is 0 Å². The van der Waals surface area contributed by atoms with Gasteiger partial charge in [0.1, 0.15) is 0 Å². The molecular weight excluding hydrogens is 160 g/mol. The quantitative estimate of drug-likeness (QED) is 0.243. The van der Waals surface area contributed by atoms with Crippen molar-refractivity contribution in [3.63, 3.8) is 0 Å². The van der Waals surface area contributed by atoms with Crippen LogP contribution in [0.25, 0.3) is 0 Å². The molecule has 0 saturated carbocycles. The van der Waals surface area contributed by atoms with E-state index in [1.807, 2.05) is 0 Å². The number of carboxylic acids is 1. The average molecular weight is 168 g/mol. The van der Waals surface area contributed by atoms with Gasteiger partial charge in [0.05, 0.1) is 6.42 Å². The third-order valence-corrected chi connectivity index (χ3v) is 0.826. The number of hydrogen-bond acceptors (Lipinski definition) is 6. The molecule has 0 heterocycles. The maximum absolute atomic E-state index is 9.87.